The zero-order valence-electron chi connectivity index (χ0n) is 23.4. The number of aliphatic hydroxyl groups is 1. The number of piperazine rings is 1. The molecule has 1 aromatic carbocycles. The van der Waals surface area contributed by atoms with Crippen LogP contribution in [-0.2, 0) is 10.0 Å². The van der Waals surface area contributed by atoms with Crippen molar-refractivity contribution >= 4 is 27.0 Å². The van der Waals surface area contributed by atoms with Crippen molar-refractivity contribution in [3.8, 4) is 11.1 Å². The highest BCUT2D eigenvalue weighted by Crippen LogP contribution is 2.37. The van der Waals surface area contributed by atoms with E-state index < -0.39 is 33.5 Å². The van der Waals surface area contributed by atoms with Gasteiger partial charge in [-0.2, -0.15) is 22.5 Å². The van der Waals surface area contributed by atoms with Crippen molar-refractivity contribution in [3.05, 3.63) is 36.4 Å². The summed E-state index contributed by atoms with van der Waals surface area (Å²) in [5, 5.41) is 14.0. The molecule has 230 valence electrons. The van der Waals surface area contributed by atoms with Gasteiger partial charge in [0.1, 0.15) is 16.4 Å². The van der Waals surface area contributed by atoms with Crippen LogP contribution >= 0.6 is 0 Å². The lowest BCUT2D eigenvalue weighted by Gasteiger charge is -2.34. The van der Waals surface area contributed by atoms with E-state index >= 15 is 4.39 Å². The van der Waals surface area contributed by atoms with Gasteiger partial charge in [-0.15, -0.1) is 0 Å². The average Bonchev–Trinajstić information content (AvgIpc) is 3.32. The fourth-order valence-corrected chi connectivity index (χ4v) is 7.20. The van der Waals surface area contributed by atoms with Crippen molar-refractivity contribution in [3.63, 3.8) is 0 Å². The summed E-state index contributed by atoms with van der Waals surface area (Å²) >= 11 is 0. The van der Waals surface area contributed by atoms with Crippen LogP contribution in [0.1, 0.15) is 51.5 Å². The molecular formula is C28H36F4N6O3S. The first-order valence-corrected chi connectivity index (χ1v) is 15.8. The average molecular weight is 613 g/mol. The summed E-state index contributed by atoms with van der Waals surface area (Å²) in [6, 6.07) is 4.00. The molecule has 2 aromatic heterocycles. The summed E-state index contributed by atoms with van der Waals surface area (Å²) in [4.78, 5) is 9.85. The third kappa shape index (κ3) is 6.71. The number of benzene rings is 1. The molecule has 1 saturated heterocycles. The Labute approximate surface area is 242 Å². The number of fused-ring (bicyclic) bond motifs is 1. The highest BCUT2D eigenvalue weighted by Gasteiger charge is 2.36. The van der Waals surface area contributed by atoms with Crippen molar-refractivity contribution in [1.82, 2.24) is 23.7 Å². The summed E-state index contributed by atoms with van der Waals surface area (Å²) < 4.78 is 83.2. The number of hydrogen-bond donors (Lipinski definition) is 2. The highest BCUT2D eigenvalue weighted by molar-refractivity contribution is 7.89. The fraction of sp³-hybridized carbons (Fsp3) is 0.571. The number of unbranched alkanes of at least 4 members (excludes halogenated alkanes) is 1. The van der Waals surface area contributed by atoms with Gasteiger partial charge >= 0.3 is 6.18 Å². The molecule has 3 aromatic rings. The Hall–Kier alpha value is -2.81. The van der Waals surface area contributed by atoms with E-state index in [0.29, 0.717) is 41.0 Å². The van der Waals surface area contributed by atoms with Gasteiger partial charge in [0.2, 0.25) is 16.0 Å². The molecule has 1 aliphatic carbocycles. The Bertz CT molecular complexity index is 1500. The second-order valence-electron chi connectivity index (χ2n) is 11.1. The van der Waals surface area contributed by atoms with Gasteiger partial charge in [-0.3, -0.25) is 4.90 Å². The van der Waals surface area contributed by atoms with Gasteiger partial charge in [0, 0.05) is 62.1 Å². The molecule has 1 aliphatic heterocycles. The topological polar surface area (TPSA) is 104 Å². The first-order valence-electron chi connectivity index (χ1n) is 14.3. The van der Waals surface area contributed by atoms with E-state index in [0.717, 1.165) is 41.4 Å². The zero-order chi connectivity index (χ0) is 30.1. The summed E-state index contributed by atoms with van der Waals surface area (Å²) in [6.07, 6.45) is 3.70. The molecular weight excluding hydrogens is 576 g/mol. The predicted octanol–water partition coefficient (Wildman–Crippen LogP) is 4.79. The molecule has 42 heavy (non-hydrogen) atoms. The molecule has 2 aliphatic rings. The second kappa shape index (κ2) is 12.4. The van der Waals surface area contributed by atoms with E-state index in [4.69, 9.17) is 4.98 Å². The highest BCUT2D eigenvalue weighted by atomic mass is 32.2. The van der Waals surface area contributed by atoms with Crippen LogP contribution in [0.4, 0.5) is 23.5 Å². The van der Waals surface area contributed by atoms with Crippen molar-refractivity contribution in [1.29, 1.82) is 0 Å². The monoisotopic (exact) mass is 612 g/mol. The number of sulfonamides is 1. The maximum Gasteiger partial charge on any atom is 0.401 e. The lowest BCUT2D eigenvalue weighted by Crippen LogP contribution is -2.50. The first kappa shape index (κ1) is 30.6. The number of nitrogens with one attached hydrogen (secondary N) is 1. The number of hydrogen-bond acceptors (Lipinski definition) is 7. The normalized spacial score (nSPS) is 21.2. The SMILES string of the molecule is CCCCNc1ncc2c(-c3ccc(S(=O)(=O)N4CCN(CC(F)(F)F)CC4)c(F)c3)cn([C@H]3CC[C@H](O)CC3)c2n1. The molecule has 2 N–H and O–H groups in total. The third-order valence-electron chi connectivity index (χ3n) is 8.04. The van der Waals surface area contributed by atoms with Gasteiger partial charge < -0.3 is 15.0 Å². The van der Waals surface area contributed by atoms with Crippen LogP contribution in [-0.4, -0.2) is 88.8 Å². The molecule has 9 nitrogen and oxygen atoms in total. The molecule has 1 saturated carbocycles. The smallest absolute Gasteiger partial charge is 0.393 e. The van der Waals surface area contributed by atoms with E-state index in [1.807, 2.05) is 10.8 Å². The second-order valence-corrected chi connectivity index (χ2v) is 13.0. The van der Waals surface area contributed by atoms with Gasteiger partial charge in [0.05, 0.1) is 12.6 Å². The van der Waals surface area contributed by atoms with E-state index in [-0.39, 0.29) is 38.3 Å². The third-order valence-corrected chi connectivity index (χ3v) is 9.97. The number of anilines is 1. The van der Waals surface area contributed by atoms with E-state index in [1.165, 1.54) is 18.2 Å². The number of nitrogens with zero attached hydrogens (tertiary/aromatic N) is 5. The lowest BCUT2D eigenvalue weighted by atomic mass is 9.93. The number of aromatic nitrogens is 3. The Balaban J connectivity index is 1.43. The Kier molecular flexibility index (Phi) is 9.07. The lowest BCUT2D eigenvalue weighted by molar-refractivity contribution is -0.148. The molecule has 0 unspecified atom stereocenters. The van der Waals surface area contributed by atoms with E-state index in [2.05, 4.69) is 17.2 Å². The van der Waals surface area contributed by atoms with Gasteiger partial charge in [-0.1, -0.05) is 19.4 Å². The van der Waals surface area contributed by atoms with Crippen molar-refractivity contribution in [2.75, 3.05) is 44.6 Å². The van der Waals surface area contributed by atoms with Gasteiger partial charge in [-0.05, 0) is 49.8 Å². The fourth-order valence-electron chi connectivity index (χ4n) is 5.73. The molecule has 0 amide bonds. The maximum absolute atomic E-state index is 15.5. The number of halogens is 4. The molecule has 3 heterocycles. The number of aliphatic hydroxyl groups excluding tert-OH is 1. The van der Waals surface area contributed by atoms with Crippen LogP contribution in [0.5, 0.6) is 0 Å². The van der Waals surface area contributed by atoms with E-state index in [1.54, 1.807) is 6.20 Å². The standard InChI is InChI=1S/C28H36F4N6O3S/c1-2-3-10-33-27-34-16-22-23(17-38(26(22)35-27)20-5-7-21(39)8-6-20)19-4-9-25(24(29)15-19)42(40,41)37-13-11-36(12-14-37)18-28(30,31)32/h4,9,15-17,20-21,39H,2-3,5-8,10-14,18H2,1H3,(H,33,34,35)/t20-,21-. The Morgan fingerprint density at radius 2 is 1.81 bits per heavy atom. The molecule has 5 rings (SSSR count). The predicted molar refractivity (Wildman–Crippen MR) is 151 cm³/mol. The Morgan fingerprint density at radius 3 is 2.45 bits per heavy atom. The van der Waals surface area contributed by atoms with Gasteiger partial charge in [0.15, 0.2) is 0 Å². The number of rotatable bonds is 9. The van der Waals surface area contributed by atoms with Crippen molar-refractivity contribution in [2.24, 2.45) is 0 Å². The Morgan fingerprint density at radius 1 is 1.10 bits per heavy atom. The van der Waals surface area contributed by atoms with Crippen LogP contribution in [0, 0.1) is 5.82 Å². The van der Waals surface area contributed by atoms with Crippen molar-refractivity contribution < 1.29 is 31.1 Å². The minimum Gasteiger partial charge on any atom is -0.393 e. The van der Waals surface area contributed by atoms with E-state index in [9.17, 15) is 26.7 Å². The zero-order valence-corrected chi connectivity index (χ0v) is 24.3. The van der Waals surface area contributed by atoms with Crippen LogP contribution < -0.4 is 5.32 Å². The number of alkyl halides is 3. The van der Waals surface area contributed by atoms with Crippen LogP contribution in [0.15, 0.2) is 35.5 Å². The summed E-state index contributed by atoms with van der Waals surface area (Å²) in [5.41, 5.74) is 1.78. The molecule has 2 fully saturated rings. The maximum atomic E-state index is 15.5. The minimum absolute atomic E-state index is 0.0866. The van der Waals surface area contributed by atoms with Crippen molar-refractivity contribution in [2.45, 2.75) is 68.7 Å². The molecule has 14 heteroatoms. The summed E-state index contributed by atoms with van der Waals surface area (Å²) in [7, 11) is -4.25. The molecule has 0 atom stereocenters. The molecule has 0 radical (unpaired) electrons. The molecule has 0 spiro atoms. The summed E-state index contributed by atoms with van der Waals surface area (Å²) in [5.74, 6) is -0.452. The van der Waals surface area contributed by atoms with Gasteiger partial charge in [0.25, 0.3) is 0 Å². The van der Waals surface area contributed by atoms with Gasteiger partial charge in [-0.25, -0.2) is 17.8 Å². The first-order chi connectivity index (χ1) is 20.0. The largest absolute Gasteiger partial charge is 0.401 e. The summed E-state index contributed by atoms with van der Waals surface area (Å²) in [6.45, 7) is 1.21. The molecule has 0 bridgehead atoms. The van der Waals surface area contributed by atoms with Crippen LogP contribution in [0.3, 0.4) is 0 Å². The van der Waals surface area contributed by atoms with Crippen LogP contribution in [0.2, 0.25) is 0 Å². The quantitative estimate of drug-likeness (QED) is 0.265. The van der Waals surface area contributed by atoms with Crippen LogP contribution in [0.25, 0.3) is 22.2 Å². The minimum atomic E-state index is -4.37.